The van der Waals surface area contributed by atoms with Crippen molar-refractivity contribution in [3.63, 3.8) is 0 Å². The molecule has 1 N–H and O–H groups in total. The molecule has 2 aromatic carbocycles. The number of benzene rings is 2. The van der Waals surface area contributed by atoms with Gasteiger partial charge >= 0.3 is 0 Å². The highest BCUT2D eigenvalue weighted by atomic mass is 32.2. The summed E-state index contributed by atoms with van der Waals surface area (Å²) in [5, 5.41) is 7.16. The number of anilines is 1. The number of rotatable bonds is 7. The molecule has 2 aromatic heterocycles. The molecule has 0 saturated carbocycles. The molecule has 0 aliphatic heterocycles. The molecule has 0 spiro atoms. The van der Waals surface area contributed by atoms with Crippen LogP contribution in [0.15, 0.2) is 72.0 Å². The zero-order chi connectivity index (χ0) is 20.2. The van der Waals surface area contributed by atoms with E-state index in [0.29, 0.717) is 35.2 Å². The normalized spacial score (nSPS) is 11.3. The fraction of sp³-hybridized carbons (Fsp3) is 0.150. The average Bonchev–Trinajstić information content (AvgIpc) is 3.27. The number of nitrogens with one attached hydrogen (secondary N) is 1. The van der Waals surface area contributed by atoms with Crippen molar-refractivity contribution >= 4 is 34.5 Å². The van der Waals surface area contributed by atoms with E-state index in [1.165, 1.54) is 4.57 Å². The van der Waals surface area contributed by atoms with Gasteiger partial charge < -0.3 is 9.88 Å². The molecule has 0 bridgehead atoms. The third-order valence-electron chi connectivity index (χ3n) is 4.27. The number of para-hydroxylation sites is 2. The highest BCUT2D eigenvalue weighted by molar-refractivity contribution is 7.99. The van der Waals surface area contributed by atoms with Crippen molar-refractivity contribution in [2.45, 2.75) is 24.0 Å². The highest BCUT2D eigenvalue weighted by Crippen LogP contribution is 2.28. The van der Waals surface area contributed by atoms with Gasteiger partial charge in [-0.25, -0.2) is 9.67 Å². The van der Waals surface area contributed by atoms with Gasteiger partial charge in [0.2, 0.25) is 5.91 Å². The Morgan fingerprint density at radius 1 is 1.07 bits per heavy atom. The van der Waals surface area contributed by atoms with Crippen LogP contribution in [-0.4, -0.2) is 31.0 Å². The minimum atomic E-state index is -2.62. The van der Waals surface area contributed by atoms with Crippen molar-refractivity contribution in [2.24, 2.45) is 0 Å². The molecule has 0 aliphatic carbocycles. The van der Waals surface area contributed by atoms with Gasteiger partial charge in [0.25, 0.3) is 5.76 Å². The van der Waals surface area contributed by atoms with Gasteiger partial charge in [0.15, 0.2) is 5.16 Å². The molecule has 4 aromatic rings. The van der Waals surface area contributed by atoms with Crippen molar-refractivity contribution in [3.8, 4) is 0 Å². The molecule has 9 heteroatoms. The predicted molar refractivity (Wildman–Crippen MR) is 108 cm³/mol. The smallest absolute Gasteiger partial charge is 0.291 e. The maximum Gasteiger partial charge on any atom is 0.291 e. The molecule has 0 atom stereocenters. The zero-order valence-corrected chi connectivity index (χ0v) is 16.0. The molecule has 0 fully saturated rings. The van der Waals surface area contributed by atoms with Crippen molar-refractivity contribution in [1.82, 2.24) is 19.3 Å². The van der Waals surface area contributed by atoms with Crippen LogP contribution >= 0.6 is 11.8 Å². The molecule has 2 heterocycles. The fourth-order valence-electron chi connectivity index (χ4n) is 3.02. The molecule has 0 saturated heterocycles. The van der Waals surface area contributed by atoms with Crippen LogP contribution < -0.4 is 5.32 Å². The first-order chi connectivity index (χ1) is 14.1. The summed E-state index contributed by atoms with van der Waals surface area (Å²) >= 11 is 0.327. The second kappa shape index (κ2) is 8.44. The summed E-state index contributed by atoms with van der Waals surface area (Å²) < 4.78 is 29.0. The average molecular weight is 413 g/mol. The quantitative estimate of drug-likeness (QED) is 0.461. The van der Waals surface area contributed by atoms with Crippen LogP contribution in [0.25, 0.3) is 11.0 Å². The number of carbonyl (C=O) groups is 1. The number of carbonyl (C=O) groups excluding carboxylic acids is 1. The molecule has 29 heavy (non-hydrogen) atoms. The molecule has 0 radical (unpaired) electrons. The van der Waals surface area contributed by atoms with Crippen LogP contribution in [-0.2, 0) is 17.9 Å². The summed E-state index contributed by atoms with van der Waals surface area (Å²) in [5.74, 6) is -2.44. The van der Waals surface area contributed by atoms with Gasteiger partial charge in [-0.3, -0.25) is 4.79 Å². The number of aromatic nitrogens is 4. The lowest BCUT2D eigenvalue weighted by Crippen LogP contribution is -2.21. The molecule has 0 aliphatic rings. The first-order valence-electron chi connectivity index (χ1n) is 8.86. The van der Waals surface area contributed by atoms with Crippen LogP contribution in [0.1, 0.15) is 5.56 Å². The largest absolute Gasteiger partial charge is 0.309 e. The van der Waals surface area contributed by atoms with Gasteiger partial charge in [-0.15, -0.1) is 0 Å². The van der Waals surface area contributed by atoms with Gasteiger partial charge in [-0.1, -0.05) is 42.5 Å². The van der Waals surface area contributed by atoms with E-state index in [1.807, 2.05) is 30.3 Å². The maximum absolute atomic E-state index is 12.9. The number of fused-ring (bicyclic) bond motifs is 1. The molecule has 148 valence electrons. The number of imidazole rings is 1. The monoisotopic (exact) mass is 413 g/mol. The Morgan fingerprint density at radius 2 is 1.83 bits per heavy atom. The Kier molecular flexibility index (Phi) is 5.57. The molecular weight excluding hydrogens is 396 g/mol. The van der Waals surface area contributed by atoms with Gasteiger partial charge in [-0.2, -0.15) is 13.9 Å². The summed E-state index contributed by atoms with van der Waals surface area (Å²) in [6.45, 7) is 0.371. The Labute approximate surface area is 169 Å². The lowest BCUT2D eigenvalue weighted by molar-refractivity contribution is -0.116. The SMILES string of the molecule is O=C(Cn1c(SC(F)F)nc2ccccc21)Nc1ccnn1Cc1ccccc1. The van der Waals surface area contributed by atoms with E-state index >= 15 is 0 Å². The Balaban J connectivity index is 1.53. The molecule has 1 amide bonds. The second-order valence-electron chi connectivity index (χ2n) is 6.26. The third kappa shape index (κ3) is 4.45. The molecule has 4 rings (SSSR count). The number of hydrogen-bond donors (Lipinski definition) is 1. The fourth-order valence-corrected chi connectivity index (χ4v) is 3.62. The molecule has 0 unspecified atom stereocenters. The van der Waals surface area contributed by atoms with Gasteiger partial charge in [0.1, 0.15) is 12.4 Å². The minimum Gasteiger partial charge on any atom is -0.309 e. The van der Waals surface area contributed by atoms with E-state index in [2.05, 4.69) is 15.4 Å². The summed E-state index contributed by atoms with van der Waals surface area (Å²) in [6.07, 6.45) is 1.60. The topological polar surface area (TPSA) is 64.7 Å². The van der Waals surface area contributed by atoms with Crippen molar-refractivity contribution in [3.05, 3.63) is 72.4 Å². The first-order valence-corrected chi connectivity index (χ1v) is 9.74. The van der Waals surface area contributed by atoms with E-state index in [9.17, 15) is 13.6 Å². The second-order valence-corrected chi connectivity index (χ2v) is 7.21. The zero-order valence-electron chi connectivity index (χ0n) is 15.2. The Bertz CT molecular complexity index is 1130. The minimum absolute atomic E-state index is 0.106. The van der Waals surface area contributed by atoms with Gasteiger partial charge in [-0.05, 0) is 29.5 Å². The van der Waals surface area contributed by atoms with E-state index in [0.717, 1.165) is 5.56 Å². The summed E-state index contributed by atoms with van der Waals surface area (Å²) in [5.41, 5.74) is 2.24. The van der Waals surface area contributed by atoms with E-state index in [4.69, 9.17) is 0 Å². The Hall–Kier alpha value is -3.20. The van der Waals surface area contributed by atoms with Crippen molar-refractivity contribution in [2.75, 3.05) is 5.32 Å². The van der Waals surface area contributed by atoms with Crippen LogP contribution in [0, 0.1) is 0 Å². The summed E-state index contributed by atoms with van der Waals surface area (Å²) in [6, 6.07) is 18.5. The maximum atomic E-state index is 12.9. The van der Waals surface area contributed by atoms with Crippen molar-refractivity contribution < 1.29 is 13.6 Å². The lowest BCUT2D eigenvalue weighted by Gasteiger charge is -2.11. The van der Waals surface area contributed by atoms with E-state index in [-0.39, 0.29) is 17.6 Å². The number of thioether (sulfide) groups is 1. The Morgan fingerprint density at radius 3 is 2.62 bits per heavy atom. The predicted octanol–water partition coefficient (Wildman–Crippen LogP) is 4.23. The van der Waals surface area contributed by atoms with E-state index in [1.54, 1.807) is 41.2 Å². The number of alkyl halides is 2. The number of hydrogen-bond acceptors (Lipinski definition) is 4. The van der Waals surface area contributed by atoms with Gasteiger partial charge in [0, 0.05) is 6.07 Å². The lowest BCUT2D eigenvalue weighted by atomic mass is 10.2. The first kappa shape index (κ1) is 19.1. The van der Waals surface area contributed by atoms with Gasteiger partial charge in [0.05, 0.1) is 23.8 Å². The summed E-state index contributed by atoms with van der Waals surface area (Å²) in [7, 11) is 0. The standard InChI is InChI=1S/C20H17F2N5OS/c21-19(22)29-20-24-15-8-4-5-9-16(15)26(20)13-18(28)25-17-10-11-23-27(17)12-14-6-2-1-3-7-14/h1-11,19H,12-13H2,(H,25,28). The van der Waals surface area contributed by atoms with Crippen LogP contribution in [0.2, 0.25) is 0 Å². The van der Waals surface area contributed by atoms with Crippen LogP contribution in [0.4, 0.5) is 14.6 Å². The van der Waals surface area contributed by atoms with Crippen LogP contribution in [0.3, 0.4) is 0 Å². The summed E-state index contributed by atoms with van der Waals surface area (Å²) in [4.78, 5) is 16.9. The number of nitrogens with zero attached hydrogens (tertiary/aromatic N) is 4. The van der Waals surface area contributed by atoms with E-state index < -0.39 is 5.76 Å². The third-order valence-corrected chi connectivity index (χ3v) is 4.98. The number of amides is 1. The number of halogens is 2. The molecule has 6 nitrogen and oxygen atoms in total. The van der Waals surface area contributed by atoms with Crippen molar-refractivity contribution in [1.29, 1.82) is 0 Å². The molecular formula is C20H17F2N5OS. The van der Waals surface area contributed by atoms with Crippen LogP contribution in [0.5, 0.6) is 0 Å². The highest BCUT2D eigenvalue weighted by Gasteiger charge is 2.18.